The molecule has 1 aromatic carbocycles. The second-order valence-corrected chi connectivity index (χ2v) is 10.1. The molecule has 180 valence electrons. The van der Waals surface area contributed by atoms with Crippen molar-refractivity contribution in [1.82, 2.24) is 0 Å². The SMILES string of the molecule is CCCCCCCCCCCCCCCCCCC[N+](C)(CCO)Cc1ccccc1. The van der Waals surface area contributed by atoms with E-state index in [-0.39, 0.29) is 6.61 Å². The molecule has 0 bridgehead atoms. The first kappa shape index (κ1) is 28.2. The molecule has 2 heteroatoms. The predicted molar refractivity (Wildman–Crippen MR) is 137 cm³/mol. The van der Waals surface area contributed by atoms with Crippen molar-refractivity contribution in [3.8, 4) is 0 Å². The highest BCUT2D eigenvalue weighted by Gasteiger charge is 2.20. The topological polar surface area (TPSA) is 20.2 Å². The average molecular weight is 433 g/mol. The maximum Gasteiger partial charge on any atom is 0.104 e. The molecular formula is C29H54NO+. The van der Waals surface area contributed by atoms with Crippen LogP contribution in [-0.4, -0.2) is 36.3 Å². The quantitative estimate of drug-likeness (QED) is 0.144. The van der Waals surface area contributed by atoms with Gasteiger partial charge in [0.25, 0.3) is 0 Å². The first-order valence-corrected chi connectivity index (χ1v) is 13.7. The van der Waals surface area contributed by atoms with Gasteiger partial charge in [0.2, 0.25) is 0 Å². The fourth-order valence-electron chi connectivity index (χ4n) is 4.75. The minimum Gasteiger partial charge on any atom is -0.391 e. The normalized spacial score (nSPS) is 13.4. The first-order chi connectivity index (χ1) is 15.2. The summed E-state index contributed by atoms with van der Waals surface area (Å²) in [6.45, 7) is 5.63. The monoisotopic (exact) mass is 432 g/mol. The number of unbranched alkanes of at least 4 members (excludes halogenated alkanes) is 16. The molecule has 2 nitrogen and oxygen atoms in total. The third-order valence-corrected chi connectivity index (χ3v) is 6.85. The van der Waals surface area contributed by atoms with Crippen LogP contribution < -0.4 is 0 Å². The Morgan fingerprint density at radius 1 is 0.581 bits per heavy atom. The zero-order valence-electron chi connectivity index (χ0n) is 21.1. The van der Waals surface area contributed by atoms with E-state index in [1.165, 1.54) is 121 Å². The fourth-order valence-corrected chi connectivity index (χ4v) is 4.75. The minimum absolute atomic E-state index is 0.280. The summed E-state index contributed by atoms with van der Waals surface area (Å²) < 4.78 is 0.958. The maximum atomic E-state index is 9.51. The van der Waals surface area contributed by atoms with Crippen LogP contribution in [0.15, 0.2) is 30.3 Å². The average Bonchev–Trinajstić information content (AvgIpc) is 2.77. The van der Waals surface area contributed by atoms with Gasteiger partial charge in [-0.15, -0.1) is 0 Å². The van der Waals surface area contributed by atoms with Gasteiger partial charge in [0.15, 0.2) is 0 Å². The van der Waals surface area contributed by atoms with E-state index >= 15 is 0 Å². The zero-order valence-corrected chi connectivity index (χ0v) is 21.1. The van der Waals surface area contributed by atoms with Crippen LogP contribution in [-0.2, 0) is 6.54 Å². The molecule has 0 saturated carbocycles. The second-order valence-electron chi connectivity index (χ2n) is 10.1. The minimum atomic E-state index is 0.280. The van der Waals surface area contributed by atoms with Gasteiger partial charge in [0.05, 0.1) is 20.2 Å². The van der Waals surface area contributed by atoms with Crippen LogP contribution in [0.25, 0.3) is 0 Å². The lowest BCUT2D eigenvalue weighted by Crippen LogP contribution is -2.46. The third-order valence-electron chi connectivity index (χ3n) is 6.85. The summed E-state index contributed by atoms with van der Waals surface area (Å²) in [5.74, 6) is 0. The summed E-state index contributed by atoms with van der Waals surface area (Å²) in [5, 5.41) is 9.51. The van der Waals surface area contributed by atoms with Gasteiger partial charge in [-0.05, 0) is 12.8 Å². The number of nitrogens with zero attached hydrogens (tertiary/aromatic N) is 1. The third kappa shape index (κ3) is 16.4. The lowest BCUT2D eigenvalue weighted by Gasteiger charge is -2.34. The Bertz CT molecular complexity index is 489. The number of quaternary nitrogens is 1. The molecule has 0 aliphatic rings. The molecule has 1 rings (SSSR count). The van der Waals surface area contributed by atoms with E-state index in [1.807, 2.05) is 0 Å². The number of likely N-dealkylation sites (N-methyl/N-ethyl adjacent to an activating group) is 1. The number of rotatable bonds is 22. The molecule has 0 fully saturated rings. The van der Waals surface area contributed by atoms with Gasteiger partial charge in [-0.25, -0.2) is 0 Å². The van der Waals surface area contributed by atoms with Gasteiger partial charge in [0, 0.05) is 5.56 Å². The lowest BCUT2D eigenvalue weighted by atomic mass is 10.0. The Balaban J connectivity index is 1.92. The molecule has 1 aromatic rings. The van der Waals surface area contributed by atoms with E-state index in [1.54, 1.807) is 0 Å². The van der Waals surface area contributed by atoms with E-state index in [0.29, 0.717) is 0 Å². The first-order valence-electron chi connectivity index (χ1n) is 13.7. The Morgan fingerprint density at radius 2 is 1.00 bits per heavy atom. The van der Waals surface area contributed by atoms with Crippen LogP contribution in [0.4, 0.5) is 0 Å². The molecule has 0 radical (unpaired) electrons. The van der Waals surface area contributed by atoms with E-state index < -0.39 is 0 Å². The van der Waals surface area contributed by atoms with Gasteiger partial charge in [-0.2, -0.15) is 0 Å². The van der Waals surface area contributed by atoms with Crippen molar-refractivity contribution < 1.29 is 9.59 Å². The predicted octanol–water partition coefficient (Wildman–Crippen LogP) is 8.28. The van der Waals surface area contributed by atoms with E-state index in [4.69, 9.17) is 0 Å². The van der Waals surface area contributed by atoms with Crippen LogP contribution >= 0.6 is 0 Å². The highest BCUT2D eigenvalue weighted by molar-refractivity contribution is 5.13. The van der Waals surface area contributed by atoms with Crippen molar-refractivity contribution >= 4 is 0 Å². The maximum absolute atomic E-state index is 9.51. The van der Waals surface area contributed by atoms with Crippen LogP contribution in [0, 0.1) is 0 Å². The summed E-state index contributed by atoms with van der Waals surface area (Å²) in [4.78, 5) is 0. The largest absolute Gasteiger partial charge is 0.391 e. The molecule has 31 heavy (non-hydrogen) atoms. The van der Waals surface area contributed by atoms with Crippen molar-refractivity contribution in [1.29, 1.82) is 0 Å². The molecule has 0 aromatic heterocycles. The molecule has 0 aliphatic heterocycles. The van der Waals surface area contributed by atoms with Crippen molar-refractivity contribution in [2.24, 2.45) is 0 Å². The summed E-state index contributed by atoms with van der Waals surface area (Å²) in [5.41, 5.74) is 1.38. The fraction of sp³-hybridized carbons (Fsp3) is 0.793. The zero-order chi connectivity index (χ0) is 22.5. The number of hydrogen-bond acceptors (Lipinski definition) is 1. The Labute approximate surface area is 195 Å². The molecule has 1 unspecified atom stereocenters. The molecular weight excluding hydrogens is 378 g/mol. The van der Waals surface area contributed by atoms with E-state index in [9.17, 15) is 5.11 Å². The Morgan fingerprint density at radius 3 is 1.42 bits per heavy atom. The van der Waals surface area contributed by atoms with E-state index in [0.717, 1.165) is 17.6 Å². The van der Waals surface area contributed by atoms with Crippen LogP contribution in [0.1, 0.15) is 122 Å². The van der Waals surface area contributed by atoms with Crippen molar-refractivity contribution in [2.45, 2.75) is 123 Å². The summed E-state index contributed by atoms with van der Waals surface area (Å²) in [6.07, 6.45) is 24.1. The number of aliphatic hydroxyl groups is 1. The number of aliphatic hydroxyl groups excluding tert-OH is 1. The molecule has 0 amide bonds. The van der Waals surface area contributed by atoms with Crippen LogP contribution in [0.5, 0.6) is 0 Å². The Kier molecular flexibility index (Phi) is 18.0. The molecule has 1 atom stereocenters. The lowest BCUT2D eigenvalue weighted by molar-refractivity contribution is -0.923. The van der Waals surface area contributed by atoms with Crippen molar-refractivity contribution in [2.75, 3.05) is 26.7 Å². The molecule has 0 saturated heterocycles. The van der Waals surface area contributed by atoms with Gasteiger partial charge < -0.3 is 9.59 Å². The molecule has 0 spiro atoms. The standard InChI is InChI=1S/C29H54NO/c1-3-4-5-6-7-8-9-10-11-12-13-14-15-16-17-18-22-25-30(2,26-27-31)28-29-23-20-19-21-24-29/h19-21,23-24,31H,3-18,22,25-28H2,1-2H3/q+1. The second kappa shape index (κ2) is 19.8. The number of hydrogen-bond donors (Lipinski definition) is 1. The van der Waals surface area contributed by atoms with Crippen LogP contribution in [0.3, 0.4) is 0 Å². The van der Waals surface area contributed by atoms with Crippen molar-refractivity contribution in [3.05, 3.63) is 35.9 Å². The summed E-state index contributed by atoms with van der Waals surface area (Å²) >= 11 is 0. The highest BCUT2D eigenvalue weighted by Crippen LogP contribution is 2.16. The summed E-state index contributed by atoms with van der Waals surface area (Å²) in [7, 11) is 2.30. The number of benzene rings is 1. The van der Waals surface area contributed by atoms with Crippen LogP contribution in [0.2, 0.25) is 0 Å². The van der Waals surface area contributed by atoms with Gasteiger partial charge in [0.1, 0.15) is 13.1 Å². The van der Waals surface area contributed by atoms with E-state index in [2.05, 4.69) is 44.3 Å². The van der Waals surface area contributed by atoms with Gasteiger partial charge in [-0.1, -0.05) is 134 Å². The molecule has 0 heterocycles. The molecule has 1 N–H and O–H groups in total. The Hall–Kier alpha value is -0.860. The molecule has 0 aliphatic carbocycles. The smallest absolute Gasteiger partial charge is 0.104 e. The van der Waals surface area contributed by atoms with Gasteiger partial charge in [-0.3, -0.25) is 0 Å². The van der Waals surface area contributed by atoms with Gasteiger partial charge >= 0.3 is 0 Å². The highest BCUT2D eigenvalue weighted by atomic mass is 16.3. The van der Waals surface area contributed by atoms with Crippen molar-refractivity contribution in [3.63, 3.8) is 0 Å². The summed E-state index contributed by atoms with van der Waals surface area (Å²) in [6, 6.07) is 10.7.